The molecule has 0 saturated carbocycles. The third kappa shape index (κ3) is 4.06. The van der Waals surface area contributed by atoms with Crippen LogP contribution < -0.4 is 4.74 Å². The number of benzene rings is 2. The average Bonchev–Trinajstić information content (AvgIpc) is 3.08. The molecule has 3 aromatic rings. The van der Waals surface area contributed by atoms with Gasteiger partial charge in [0.2, 0.25) is 5.78 Å². The fourth-order valence-electron chi connectivity index (χ4n) is 2.71. The van der Waals surface area contributed by atoms with Gasteiger partial charge in [0.1, 0.15) is 5.75 Å². The van der Waals surface area contributed by atoms with E-state index in [-0.39, 0.29) is 19.0 Å². The van der Waals surface area contributed by atoms with Gasteiger partial charge in [0.25, 0.3) is 0 Å². The number of fused-ring (bicyclic) bond motifs is 1. The lowest BCUT2D eigenvalue weighted by Crippen LogP contribution is -2.19. The Bertz CT molecular complexity index is 948. The van der Waals surface area contributed by atoms with Gasteiger partial charge in [0, 0.05) is 27.7 Å². The molecule has 1 aromatic heterocycles. The van der Waals surface area contributed by atoms with Crippen LogP contribution in [0.15, 0.2) is 48.7 Å². The van der Waals surface area contributed by atoms with Gasteiger partial charge in [-0.25, -0.2) is 4.79 Å². The lowest BCUT2D eigenvalue weighted by atomic mass is 10.1. The summed E-state index contributed by atoms with van der Waals surface area (Å²) in [5, 5.41) is 1.34. The van der Waals surface area contributed by atoms with Crippen molar-refractivity contribution in [2.45, 2.75) is 13.3 Å². The van der Waals surface area contributed by atoms with Crippen LogP contribution in [-0.4, -0.2) is 30.0 Å². The molecule has 0 unspecified atom stereocenters. The van der Waals surface area contributed by atoms with Crippen molar-refractivity contribution >= 4 is 34.3 Å². The Balaban J connectivity index is 1.58. The van der Waals surface area contributed by atoms with Crippen molar-refractivity contribution in [1.82, 2.24) is 4.98 Å². The first-order valence-electron chi connectivity index (χ1n) is 8.24. The Labute approximate surface area is 155 Å². The van der Waals surface area contributed by atoms with Crippen molar-refractivity contribution in [3.8, 4) is 5.75 Å². The summed E-state index contributed by atoms with van der Waals surface area (Å²) in [6.07, 6.45) is 2.52. The highest BCUT2D eigenvalue weighted by Crippen LogP contribution is 2.22. The van der Waals surface area contributed by atoms with Crippen molar-refractivity contribution in [3.63, 3.8) is 0 Å². The maximum absolute atomic E-state index is 12.4. The van der Waals surface area contributed by atoms with E-state index >= 15 is 0 Å². The molecular weight excluding hydrogens is 354 g/mol. The third-order valence-corrected chi connectivity index (χ3v) is 4.24. The SMILES string of the molecule is CCc1cccc2c(C(=O)COC(=O)COc3cccc(Cl)c3)c[nH]c12. The van der Waals surface area contributed by atoms with Crippen molar-refractivity contribution in [2.75, 3.05) is 13.2 Å². The first kappa shape index (κ1) is 18.0. The molecule has 0 aliphatic rings. The minimum atomic E-state index is -0.618. The molecular formula is C20H18ClNO4. The average molecular weight is 372 g/mol. The Kier molecular flexibility index (Phi) is 5.58. The van der Waals surface area contributed by atoms with E-state index in [0.29, 0.717) is 16.3 Å². The molecule has 134 valence electrons. The molecule has 5 nitrogen and oxygen atoms in total. The summed E-state index contributed by atoms with van der Waals surface area (Å²) in [5.74, 6) is -0.419. The van der Waals surface area contributed by atoms with Crippen molar-refractivity contribution in [2.24, 2.45) is 0 Å². The number of halogens is 1. The Morgan fingerprint density at radius 2 is 1.92 bits per heavy atom. The number of ether oxygens (including phenoxy) is 2. The first-order chi connectivity index (χ1) is 12.6. The molecule has 0 radical (unpaired) electrons. The second-order valence-electron chi connectivity index (χ2n) is 5.73. The summed E-state index contributed by atoms with van der Waals surface area (Å²) < 4.78 is 10.3. The molecule has 0 amide bonds. The number of carbonyl (C=O) groups excluding carboxylic acids is 2. The minimum absolute atomic E-state index is 0.263. The zero-order valence-corrected chi connectivity index (χ0v) is 15.0. The first-order valence-corrected chi connectivity index (χ1v) is 8.62. The van der Waals surface area contributed by atoms with E-state index in [0.717, 1.165) is 22.9 Å². The highest BCUT2D eigenvalue weighted by atomic mass is 35.5. The summed E-state index contributed by atoms with van der Waals surface area (Å²) >= 11 is 5.85. The van der Waals surface area contributed by atoms with Gasteiger partial charge in [0.05, 0.1) is 0 Å². The van der Waals surface area contributed by atoms with E-state index < -0.39 is 5.97 Å². The van der Waals surface area contributed by atoms with E-state index in [1.54, 1.807) is 30.5 Å². The fourth-order valence-corrected chi connectivity index (χ4v) is 2.89. The number of esters is 1. The number of hydrogen-bond acceptors (Lipinski definition) is 4. The number of para-hydroxylation sites is 1. The number of hydrogen-bond donors (Lipinski definition) is 1. The number of nitrogens with one attached hydrogen (secondary N) is 1. The van der Waals surface area contributed by atoms with E-state index in [1.165, 1.54) is 0 Å². The molecule has 0 spiro atoms. The predicted octanol–water partition coefficient (Wildman–Crippen LogP) is 4.19. The second-order valence-corrected chi connectivity index (χ2v) is 6.16. The summed E-state index contributed by atoms with van der Waals surface area (Å²) in [7, 11) is 0. The van der Waals surface area contributed by atoms with Crippen molar-refractivity contribution in [1.29, 1.82) is 0 Å². The topological polar surface area (TPSA) is 68.4 Å². The summed E-state index contributed by atoms with van der Waals surface area (Å²) in [5.41, 5.74) is 2.58. The molecule has 2 aromatic carbocycles. The van der Waals surface area contributed by atoms with Crippen LogP contribution in [0.5, 0.6) is 5.75 Å². The molecule has 0 atom stereocenters. The Morgan fingerprint density at radius 1 is 1.12 bits per heavy atom. The maximum atomic E-state index is 12.4. The number of H-pyrrole nitrogens is 1. The van der Waals surface area contributed by atoms with E-state index in [2.05, 4.69) is 11.9 Å². The number of ketones is 1. The molecule has 0 fully saturated rings. The standard InChI is InChI=1S/C20H18ClNO4/c1-2-13-5-3-8-16-17(10-22-20(13)16)18(23)11-26-19(24)12-25-15-7-4-6-14(21)9-15/h3-10,22H,2,11-12H2,1H3. The maximum Gasteiger partial charge on any atom is 0.344 e. The molecule has 26 heavy (non-hydrogen) atoms. The van der Waals surface area contributed by atoms with Crippen molar-refractivity contribution < 1.29 is 19.1 Å². The molecule has 0 aliphatic heterocycles. The third-order valence-electron chi connectivity index (χ3n) is 4.00. The minimum Gasteiger partial charge on any atom is -0.482 e. The van der Waals surface area contributed by atoms with Crippen LogP contribution in [0.2, 0.25) is 5.02 Å². The largest absolute Gasteiger partial charge is 0.482 e. The van der Waals surface area contributed by atoms with Gasteiger partial charge in [-0.2, -0.15) is 0 Å². The van der Waals surface area contributed by atoms with E-state index in [1.807, 2.05) is 18.2 Å². The van der Waals surface area contributed by atoms with Crippen LogP contribution >= 0.6 is 11.6 Å². The van der Waals surface area contributed by atoms with Gasteiger partial charge in [-0.3, -0.25) is 4.79 Å². The summed E-state index contributed by atoms with van der Waals surface area (Å²) in [6, 6.07) is 12.5. The number of aromatic amines is 1. The zero-order valence-electron chi connectivity index (χ0n) is 14.3. The monoisotopic (exact) mass is 371 g/mol. The van der Waals surface area contributed by atoms with Crippen LogP contribution in [0.4, 0.5) is 0 Å². The molecule has 0 saturated heterocycles. The fraction of sp³-hybridized carbons (Fsp3) is 0.200. The zero-order chi connectivity index (χ0) is 18.5. The Morgan fingerprint density at radius 3 is 2.69 bits per heavy atom. The van der Waals surface area contributed by atoms with Gasteiger partial charge in [-0.05, 0) is 30.2 Å². The number of Topliss-reactive ketones (excluding diaryl/α,β-unsaturated/α-hetero) is 1. The van der Waals surface area contributed by atoms with Gasteiger partial charge < -0.3 is 14.5 Å². The van der Waals surface area contributed by atoms with Crippen LogP contribution in [0.25, 0.3) is 10.9 Å². The van der Waals surface area contributed by atoms with Crippen molar-refractivity contribution in [3.05, 3.63) is 64.8 Å². The molecule has 1 N–H and O–H groups in total. The number of carbonyl (C=O) groups is 2. The molecule has 3 rings (SSSR count). The number of rotatable bonds is 7. The smallest absolute Gasteiger partial charge is 0.344 e. The van der Waals surface area contributed by atoms with Crippen LogP contribution in [0.3, 0.4) is 0 Å². The molecule has 0 bridgehead atoms. The van der Waals surface area contributed by atoms with Crippen LogP contribution in [-0.2, 0) is 16.0 Å². The highest BCUT2D eigenvalue weighted by molar-refractivity contribution is 6.30. The summed E-state index contributed by atoms with van der Waals surface area (Å²) in [6.45, 7) is 1.43. The van der Waals surface area contributed by atoms with Crippen LogP contribution in [0, 0.1) is 0 Å². The molecule has 0 aliphatic carbocycles. The summed E-state index contributed by atoms with van der Waals surface area (Å²) in [4.78, 5) is 27.3. The predicted molar refractivity (Wildman–Crippen MR) is 99.9 cm³/mol. The lowest BCUT2D eigenvalue weighted by molar-refractivity contribution is -0.144. The Hall–Kier alpha value is -2.79. The van der Waals surface area contributed by atoms with Crippen LogP contribution in [0.1, 0.15) is 22.8 Å². The van der Waals surface area contributed by atoms with Gasteiger partial charge >= 0.3 is 5.97 Å². The molecule has 6 heteroatoms. The normalized spacial score (nSPS) is 10.7. The van der Waals surface area contributed by atoms with E-state index in [9.17, 15) is 9.59 Å². The lowest BCUT2D eigenvalue weighted by Gasteiger charge is -2.07. The highest BCUT2D eigenvalue weighted by Gasteiger charge is 2.15. The molecule has 1 heterocycles. The van der Waals surface area contributed by atoms with Gasteiger partial charge in [-0.1, -0.05) is 42.8 Å². The number of aromatic nitrogens is 1. The van der Waals surface area contributed by atoms with E-state index in [4.69, 9.17) is 21.1 Å². The second kappa shape index (κ2) is 8.06. The number of aryl methyl sites for hydroxylation is 1. The van der Waals surface area contributed by atoms with Gasteiger partial charge in [-0.15, -0.1) is 0 Å². The van der Waals surface area contributed by atoms with Gasteiger partial charge in [0.15, 0.2) is 13.2 Å². The quantitative estimate of drug-likeness (QED) is 0.499.